The van der Waals surface area contributed by atoms with Crippen LogP contribution in [0.25, 0.3) is 15.9 Å². The van der Waals surface area contributed by atoms with Crippen molar-refractivity contribution in [1.82, 2.24) is 9.55 Å². The Morgan fingerprint density at radius 2 is 1.92 bits per heavy atom. The van der Waals surface area contributed by atoms with Gasteiger partial charge in [-0.15, -0.1) is 11.3 Å². The molecule has 2 heterocycles. The number of rotatable bonds is 4. The molecule has 2 aromatic carbocycles. The number of hydrogen-bond donors (Lipinski definition) is 0. The number of thioether (sulfide) groups is 1. The summed E-state index contributed by atoms with van der Waals surface area (Å²) in [6, 6.07) is 20.0. The van der Waals surface area contributed by atoms with E-state index in [1.807, 2.05) is 41.8 Å². The molecule has 0 atom stereocenters. The van der Waals surface area contributed by atoms with Crippen LogP contribution in [-0.4, -0.2) is 9.55 Å². The first-order valence-electron chi connectivity index (χ1n) is 7.96. The molecule has 3 nitrogen and oxygen atoms in total. The third-order valence-corrected chi connectivity index (χ3v) is 5.75. The number of nitrogens with zero attached hydrogens (tertiary/aromatic N) is 2. The zero-order chi connectivity index (χ0) is 17.2. The molecule has 2 aromatic heterocycles. The monoisotopic (exact) mass is 364 g/mol. The highest BCUT2D eigenvalue weighted by Crippen LogP contribution is 2.26. The van der Waals surface area contributed by atoms with Gasteiger partial charge in [-0.1, -0.05) is 59.8 Å². The molecule has 4 rings (SSSR count). The molecular weight excluding hydrogens is 348 g/mol. The Kier molecular flexibility index (Phi) is 4.42. The van der Waals surface area contributed by atoms with Gasteiger partial charge in [0, 0.05) is 5.75 Å². The first-order chi connectivity index (χ1) is 12.2. The van der Waals surface area contributed by atoms with Crippen LogP contribution in [0.2, 0.25) is 0 Å². The second-order valence-electron chi connectivity index (χ2n) is 5.79. The molecule has 0 bridgehead atoms. The van der Waals surface area contributed by atoms with Crippen LogP contribution in [0.4, 0.5) is 0 Å². The molecule has 0 saturated carbocycles. The summed E-state index contributed by atoms with van der Waals surface area (Å²) in [4.78, 5) is 18.5. The van der Waals surface area contributed by atoms with E-state index >= 15 is 0 Å². The second-order valence-corrected chi connectivity index (χ2v) is 7.62. The lowest BCUT2D eigenvalue weighted by Gasteiger charge is -2.12. The minimum atomic E-state index is -0.0100. The SMILES string of the molecule is Cc1cccc(CSc2nc3sccc3c(=O)n2-c2ccccc2)c1. The van der Waals surface area contributed by atoms with Gasteiger partial charge in [0.15, 0.2) is 5.16 Å². The Balaban J connectivity index is 1.80. The summed E-state index contributed by atoms with van der Waals surface area (Å²) in [6.45, 7) is 2.09. The molecule has 0 amide bonds. The number of para-hydroxylation sites is 1. The minimum Gasteiger partial charge on any atom is -0.268 e. The van der Waals surface area contributed by atoms with Crippen molar-refractivity contribution in [3.05, 3.63) is 87.5 Å². The van der Waals surface area contributed by atoms with Crippen molar-refractivity contribution in [2.45, 2.75) is 17.8 Å². The first kappa shape index (κ1) is 16.1. The second kappa shape index (κ2) is 6.86. The van der Waals surface area contributed by atoms with Crippen LogP contribution in [0.3, 0.4) is 0 Å². The standard InChI is InChI=1S/C20H16N2OS2/c1-14-6-5-7-15(12-14)13-25-20-21-18-17(10-11-24-18)19(23)22(20)16-8-3-2-4-9-16/h2-12H,13H2,1H3. The molecule has 0 N–H and O–H groups in total. The fourth-order valence-electron chi connectivity index (χ4n) is 2.75. The summed E-state index contributed by atoms with van der Waals surface area (Å²) in [5.41, 5.74) is 3.30. The van der Waals surface area contributed by atoms with Gasteiger partial charge in [-0.05, 0) is 36.1 Å². The Morgan fingerprint density at radius 1 is 1.08 bits per heavy atom. The van der Waals surface area contributed by atoms with Crippen molar-refractivity contribution in [2.75, 3.05) is 0 Å². The summed E-state index contributed by atoms with van der Waals surface area (Å²) in [5.74, 6) is 0.776. The van der Waals surface area contributed by atoms with E-state index in [0.29, 0.717) is 5.39 Å². The summed E-state index contributed by atoms with van der Waals surface area (Å²) < 4.78 is 1.72. The third-order valence-electron chi connectivity index (χ3n) is 3.93. The maximum atomic E-state index is 13.0. The maximum Gasteiger partial charge on any atom is 0.267 e. The van der Waals surface area contributed by atoms with Gasteiger partial charge in [-0.25, -0.2) is 4.98 Å². The average molecular weight is 364 g/mol. The highest BCUT2D eigenvalue weighted by Gasteiger charge is 2.14. The highest BCUT2D eigenvalue weighted by atomic mass is 32.2. The molecule has 0 fully saturated rings. The lowest BCUT2D eigenvalue weighted by molar-refractivity contribution is 0.822. The predicted molar refractivity (Wildman–Crippen MR) is 106 cm³/mol. The number of thiophene rings is 1. The number of benzene rings is 2. The Bertz CT molecular complexity index is 1080. The van der Waals surface area contributed by atoms with Crippen molar-refractivity contribution in [3.63, 3.8) is 0 Å². The van der Waals surface area contributed by atoms with Crippen LogP contribution < -0.4 is 5.56 Å². The summed E-state index contributed by atoms with van der Waals surface area (Å²) in [6.07, 6.45) is 0. The number of aryl methyl sites for hydroxylation is 1. The van der Waals surface area contributed by atoms with Crippen molar-refractivity contribution in [2.24, 2.45) is 0 Å². The summed E-state index contributed by atoms with van der Waals surface area (Å²) in [7, 11) is 0. The summed E-state index contributed by atoms with van der Waals surface area (Å²) in [5, 5.41) is 3.32. The molecule has 0 spiro atoms. The van der Waals surface area contributed by atoms with Gasteiger partial charge < -0.3 is 0 Å². The van der Waals surface area contributed by atoms with Crippen LogP contribution in [0.1, 0.15) is 11.1 Å². The molecule has 4 aromatic rings. The fourth-order valence-corrected chi connectivity index (χ4v) is 4.51. The zero-order valence-electron chi connectivity index (χ0n) is 13.7. The van der Waals surface area contributed by atoms with Crippen LogP contribution in [-0.2, 0) is 5.75 Å². The molecule has 124 valence electrons. The van der Waals surface area contributed by atoms with Crippen LogP contribution in [0, 0.1) is 6.92 Å². The third kappa shape index (κ3) is 3.25. The van der Waals surface area contributed by atoms with Gasteiger partial charge in [0.05, 0.1) is 11.1 Å². The molecule has 5 heteroatoms. The predicted octanol–water partition coefficient (Wildman–Crippen LogP) is 5.05. The van der Waals surface area contributed by atoms with Gasteiger partial charge in [0.1, 0.15) is 4.83 Å². The zero-order valence-corrected chi connectivity index (χ0v) is 15.3. The van der Waals surface area contributed by atoms with Gasteiger partial charge in [-0.2, -0.15) is 0 Å². The van der Waals surface area contributed by atoms with E-state index < -0.39 is 0 Å². The van der Waals surface area contributed by atoms with Gasteiger partial charge in [0.25, 0.3) is 5.56 Å². The quantitative estimate of drug-likeness (QED) is 0.375. The van der Waals surface area contributed by atoms with Gasteiger partial charge in [0.2, 0.25) is 0 Å². The average Bonchev–Trinajstić information content (AvgIpc) is 3.10. The van der Waals surface area contributed by atoms with Crippen molar-refractivity contribution < 1.29 is 0 Å². The molecule has 0 aliphatic heterocycles. The van der Waals surface area contributed by atoms with E-state index in [9.17, 15) is 4.79 Å². The van der Waals surface area contributed by atoms with E-state index in [4.69, 9.17) is 4.98 Å². The molecule has 0 aliphatic carbocycles. The molecule has 0 saturated heterocycles. The number of fused-ring (bicyclic) bond motifs is 1. The first-order valence-corrected chi connectivity index (χ1v) is 9.83. The largest absolute Gasteiger partial charge is 0.268 e. The van der Waals surface area contributed by atoms with Crippen LogP contribution in [0.5, 0.6) is 0 Å². The van der Waals surface area contributed by atoms with Gasteiger partial charge >= 0.3 is 0 Å². The maximum absolute atomic E-state index is 13.0. The number of hydrogen-bond acceptors (Lipinski definition) is 4. The normalized spacial score (nSPS) is 11.1. The van der Waals surface area contributed by atoms with E-state index in [2.05, 4.69) is 31.2 Å². The Hall–Kier alpha value is -2.37. The fraction of sp³-hybridized carbons (Fsp3) is 0.100. The van der Waals surface area contributed by atoms with Gasteiger partial charge in [-0.3, -0.25) is 9.36 Å². The van der Waals surface area contributed by atoms with Crippen molar-refractivity contribution in [3.8, 4) is 5.69 Å². The minimum absolute atomic E-state index is 0.0100. The number of aromatic nitrogens is 2. The molecule has 0 aliphatic rings. The molecule has 0 unspecified atom stereocenters. The lowest BCUT2D eigenvalue weighted by Crippen LogP contribution is -2.21. The smallest absolute Gasteiger partial charge is 0.267 e. The van der Waals surface area contributed by atoms with E-state index in [1.165, 1.54) is 22.5 Å². The Morgan fingerprint density at radius 3 is 2.72 bits per heavy atom. The van der Waals surface area contributed by atoms with E-state index in [1.54, 1.807) is 16.3 Å². The Labute approximate surface area is 154 Å². The van der Waals surface area contributed by atoms with E-state index in [0.717, 1.165) is 21.4 Å². The van der Waals surface area contributed by atoms with Crippen molar-refractivity contribution >= 4 is 33.3 Å². The molecular formula is C20H16N2OS2. The molecule has 0 radical (unpaired) electrons. The lowest BCUT2D eigenvalue weighted by atomic mass is 10.2. The highest BCUT2D eigenvalue weighted by molar-refractivity contribution is 7.98. The van der Waals surface area contributed by atoms with Crippen LogP contribution >= 0.6 is 23.1 Å². The van der Waals surface area contributed by atoms with Crippen molar-refractivity contribution in [1.29, 1.82) is 0 Å². The van der Waals surface area contributed by atoms with E-state index in [-0.39, 0.29) is 5.56 Å². The molecule has 25 heavy (non-hydrogen) atoms. The topological polar surface area (TPSA) is 34.9 Å². The summed E-state index contributed by atoms with van der Waals surface area (Å²) >= 11 is 3.10. The van der Waals surface area contributed by atoms with Crippen LogP contribution in [0.15, 0.2) is 76.0 Å².